The number of phenolic OH excluding ortho intramolecular Hbond substituents is 3. The number of halogens is 2. The van der Waals surface area contributed by atoms with Crippen LogP contribution < -0.4 is 62.9 Å². The van der Waals surface area contributed by atoms with E-state index in [9.17, 15) is 75.0 Å². The van der Waals surface area contributed by atoms with E-state index in [1.165, 1.54) is 19.1 Å². The topological polar surface area (TPSA) is 537 Å². The minimum Gasteiger partial charge on any atom is -0.508 e. The van der Waals surface area contributed by atoms with Crippen molar-refractivity contribution in [1.29, 1.82) is 0 Å². The molecule has 7 amide bonds. The van der Waals surface area contributed by atoms with Crippen molar-refractivity contribution in [3.63, 3.8) is 0 Å². The molecule has 5 aromatic carbocycles. The van der Waals surface area contributed by atoms with Crippen molar-refractivity contribution >= 4 is 70.5 Å². The molecule has 7 aliphatic heterocycles. The van der Waals surface area contributed by atoms with Crippen molar-refractivity contribution < 1.29 is 129 Å². The first-order chi connectivity index (χ1) is 47.7. The Labute approximate surface area is 584 Å². The van der Waals surface area contributed by atoms with E-state index in [1.807, 2.05) is 13.8 Å². The van der Waals surface area contributed by atoms with E-state index >= 15 is 14.4 Å². The number of nitrogens with two attached hydrogens (primary N) is 2. The molecule has 101 heavy (non-hydrogen) atoms. The van der Waals surface area contributed by atoms with Crippen LogP contribution in [0.25, 0.3) is 11.1 Å². The van der Waals surface area contributed by atoms with E-state index in [0.29, 0.717) is 0 Å². The van der Waals surface area contributed by atoms with Gasteiger partial charge in [0.1, 0.15) is 101 Å². The monoisotopic (exact) mass is 1450 g/mol. The minimum absolute atomic E-state index is 0.0642. The van der Waals surface area contributed by atoms with Crippen LogP contribution in [0.1, 0.15) is 105 Å². The van der Waals surface area contributed by atoms with Crippen LogP contribution in [0.15, 0.2) is 78.9 Å². The van der Waals surface area contributed by atoms with Gasteiger partial charge in [-0.2, -0.15) is 0 Å². The van der Waals surface area contributed by atoms with Crippen molar-refractivity contribution in [2.45, 2.75) is 156 Å². The van der Waals surface area contributed by atoms with Crippen molar-refractivity contribution in [2.24, 2.45) is 11.7 Å². The Kier molecular flexibility index (Phi) is 22.2. The average molecular weight is 1450 g/mol. The Morgan fingerprint density at radius 2 is 1.34 bits per heavy atom. The molecule has 0 saturated carbocycles. The highest BCUT2D eigenvalue weighted by molar-refractivity contribution is 6.32. The zero-order chi connectivity index (χ0) is 73.5. The third kappa shape index (κ3) is 15.8. The molecule has 542 valence electrons. The number of fused-ring (bicyclic) bond motifs is 15. The standard InChI is InChI=1S/C66H75Cl2N9O24/c1-23(2)12-34(71-5)58(88)76-49-51(83)26-7-10-38(32(67)14-26)97-40-16-28-17-41(55(40)101-65-56(54(86)53(85)42(22-78)99-65)100-44-21-66(4,70)57(87)24(3)96-44)98-39-11-8-27(15-33(39)68)52(84)50-63(93)75-48(64(94)95)31-18-29(79)19-37(81)45(31)30-13-25(6-9-36(30)80)46(60(90)77-50)74-61(91)47(28)73-59(89)35(20-43(69)82)72-62(49)92/h6-11,13-19,23-24,34-35,42,44,46-54,56-57,65,71,78-81,83-87H,12,20-22,70H2,1-5H3,(H2,69,82)(H,72,92)(H,73,89)(H,74,91)(H,75,93)(H,76,88)(H,77,90)(H,94,95)/p+2/t24-,34+,35-,42+,44-,46+,47+,48-,49+,50-,51+,52+,53+,54-,56+,57+,65-,66-/m0/s1. The van der Waals surface area contributed by atoms with Gasteiger partial charge in [0.25, 0.3) is 5.91 Å². The summed E-state index contributed by atoms with van der Waals surface area (Å²) in [5.41, 5.74) is 5.93. The molecule has 2 fully saturated rings. The van der Waals surface area contributed by atoms with Gasteiger partial charge in [-0.05, 0) is 96.6 Å². The lowest BCUT2D eigenvalue weighted by molar-refractivity contribution is -0.651. The van der Waals surface area contributed by atoms with E-state index in [1.54, 1.807) is 19.3 Å². The summed E-state index contributed by atoms with van der Waals surface area (Å²) in [5, 5.41) is 129. The maximum atomic E-state index is 16.0. The van der Waals surface area contributed by atoms with Gasteiger partial charge >= 0.3 is 5.97 Å². The number of aliphatic hydroxyl groups excluding tert-OH is 6. The number of phenols is 3. The van der Waals surface area contributed by atoms with Crippen LogP contribution in [-0.2, 0) is 52.6 Å². The Balaban J connectivity index is 1.24. The van der Waals surface area contributed by atoms with Gasteiger partial charge in [0.05, 0.1) is 42.6 Å². The fourth-order valence-electron chi connectivity index (χ4n) is 12.6. The lowest BCUT2D eigenvalue weighted by Crippen LogP contribution is -2.89. The molecule has 0 aliphatic carbocycles. The SMILES string of the molecule is C[NH2+][C@H](CC(C)C)C(=O)N[C@H]1C(=O)N[C@@H](CC(N)=O)C(=O)N[C@H]2C(=O)N[C@H]3C(=O)N[C@H](C(=O)N[C@H](C(=O)O)c4cc(O)cc(O)c4-c4cc3ccc4O)[C@H](O)c3ccc(c(Cl)c3)Oc3cc2cc(c3O[C@@H]2O[C@H](CO)[C@@H](O)[C@H](O)[C@H]2O[C@H]2C[C@](C)([NH3+])[C@H](O)[C@H](C)O2)Oc2ccc(cc2Cl)[C@H]1O. The Hall–Kier alpha value is -9.20. The van der Waals surface area contributed by atoms with Crippen molar-refractivity contribution in [1.82, 2.24) is 31.9 Å². The summed E-state index contributed by atoms with van der Waals surface area (Å²) in [6.45, 7) is 5.87. The number of rotatable bonds is 13. The quantitative estimate of drug-likeness (QED) is 0.0629. The van der Waals surface area contributed by atoms with Crippen LogP contribution in [0.3, 0.4) is 0 Å². The Morgan fingerprint density at radius 3 is 1.92 bits per heavy atom. The number of benzene rings is 5. The lowest BCUT2D eigenvalue weighted by Gasteiger charge is -2.45. The first-order valence-electron chi connectivity index (χ1n) is 31.8. The van der Waals surface area contributed by atoms with Gasteiger partial charge < -0.3 is 128 Å². The van der Waals surface area contributed by atoms with Crippen LogP contribution >= 0.6 is 23.2 Å². The fraction of sp³-hybridized carbons (Fsp3) is 0.424. The van der Waals surface area contributed by atoms with Crippen LogP contribution in [0.2, 0.25) is 10.0 Å². The van der Waals surface area contributed by atoms with Crippen LogP contribution in [-0.4, -0.2) is 191 Å². The number of aromatic hydroxyl groups is 3. The summed E-state index contributed by atoms with van der Waals surface area (Å²) < 4.78 is 38.4. The second-order valence-electron chi connectivity index (χ2n) is 26.0. The minimum atomic E-state index is -2.34. The van der Waals surface area contributed by atoms with Gasteiger partial charge in [-0.3, -0.25) is 33.6 Å². The molecule has 18 atom stereocenters. The number of carbonyl (C=O) groups is 8. The summed E-state index contributed by atoms with van der Waals surface area (Å²) in [6.07, 6.45) is -18.0. The number of carbonyl (C=O) groups excluding carboxylic acids is 7. The van der Waals surface area contributed by atoms with E-state index in [4.69, 9.17) is 57.4 Å². The van der Waals surface area contributed by atoms with Crippen LogP contribution in [0.5, 0.6) is 46.0 Å². The zero-order valence-corrected chi connectivity index (χ0v) is 56.0. The second kappa shape index (κ2) is 30.2. The number of aliphatic carboxylic acids is 1. The number of amides is 7. The molecule has 5 aromatic rings. The lowest BCUT2D eigenvalue weighted by atomic mass is 9.86. The molecule has 33 nitrogen and oxygen atoms in total. The highest BCUT2D eigenvalue weighted by atomic mass is 35.5. The number of primary amides is 1. The summed E-state index contributed by atoms with van der Waals surface area (Å²) in [4.78, 5) is 117. The molecule has 23 N–H and O–H groups in total. The molecule has 2 saturated heterocycles. The number of hydrogen-bond donors (Lipinski definition) is 19. The molecular weight excluding hydrogens is 1370 g/mol. The third-order valence-corrected chi connectivity index (χ3v) is 18.5. The van der Waals surface area contributed by atoms with Gasteiger partial charge in [0.15, 0.2) is 36.0 Å². The largest absolute Gasteiger partial charge is 0.508 e. The number of aliphatic hydroxyl groups is 6. The second-order valence-corrected chi connectivity index (χ2v) is 26.8. The summed E-state index contributed by atoms with van der Waals surface area (Å²) in [5.74, 6) is -15.8. The molecular formula is C66H77Cl2N9O24+2. The van der Waals surface area contributed by atoms with Gasteiger partial charge in [0, 0.05) is 29.2 Å². The average Bonchev–Trinajstić information content (AvgIpc) is 0.775. The number of carboxylic acids is 1. The third-order valence-electron chi connectivity index (χ3n) is 17.9. The predicted octanol–water partition coefficient (Wildman–Crippen LogP) is -1.64. The van der Waals surface area contributed by atoms with Crippen molar-refractivity contribution in [3.8, 4) is 57.1 Å². The van der Waals surface area contributed by atoms with Gasteiger partial charge in [-0.15, -0.1) is 0 Å². The Bertz CT molecular complexity index is 4070. The first kappa shape index (κ1) is 74.5. The first-order valence-corrected chi connectivity index (χ1v) is 32.6. The Morgan fingerprint density at radius 1 is 0.733 bits per heavy atom. The zero-order valence-electron chi connectivity index (χ0n) is 54.5. The van der Waals surface area contributed by atoms with Crippen LogP contribution in [0, 0.1) is 5.92 Å². The fourth-order valence-corrected chi connectivity index (χ4v) is 13.1. The van der Waals surface area contributed by atoms with Crippen molar-refractivity contribution in [2.75, 3.05) is 13.7 Å². The normalized spacial score (nSPS) is 29.4. The number of hydrogen-bond acceptors (Lipinski definition) is 23. The molecule has 35 heteroatoms. The number of nitrogens with one attached hydrogen (secondary N) is 6. The number of quaternary nitrogens is 2. The van der Waals surface area contributed by atoms with Gasteiger partial charge in [-0.1, -0.05) is 55.2 Å². The van der Waals surface area contributed by atoms with Crippen molar-refractivity contribution in [3.05, 3.63) is 117 Å². The summed E-state index contributed by atoms with van der Waals surface area (Å²) in [6, 6.07) is -0.388. The van der Waals surface area contributed by atoms with E-state index < -0.39 is 231 Å². The van der Waals surface area contributed by atoms with E-state index in [2.05, 4.69) is 37.6 Å². The highest BCUT2D eigenvalue weighted by Crippen LogP contribution is 2.50. The summed E-state index contributed by atoms with van der Waals surface area (Å²) in [7, 11) is 1.60. The molecule has 7 heterocycles. The van der Waals surface area contributed by atoms with Gasteiger partial charge in [0.2, 0.25) is 47.5 Å². The smallest absolute Gasteiger partial charge is 0.330 e. The molecule has 12 rings (SSSR count). The molecule has 0 unspecified atom stereocenters. The highest BCUT2D eigenvalue weighted by Gasteiger charge is 2.52. The molecule has 0 aromatic heterocycles. The summed E-state index contributed by atoms with van der Waals surface area (Å²) >= 11 is 14.1. The van der Waals surface area contributed by atoms with E-state index in [0.717, 1.165) is 66.7 Å². The molecule has 7 aliphatic rings. The number of carboxylic acid groups (broad SMARTS) is 1. The number of ether oxygens (including phenoxy) is 6. The van der Waals surface area contributed by atoms with Gasteiger partial charge in [-0.25, -0.2) is 4.79 Å². The number of likely N-dealkylation sites (N-methyl/N-ethyl adjacent to an activating group) is 1. The maximum Gasteiger partial charge on any atom is 0.330 e. The maximum absolute atomic E-state index is 16.0. The molecule has 11 bridgehead atoms. The van der Waals surface area contributed by atoms with Crippen LogP contribution in [0.4, 0.5) is 0 Å². The van der Waals surface area contributed by atoms with E-state index in [-0.39, 0.29) is 52.0 Å². The predicted molar refractivity (Wildman–Crippen MR) is 347 cm³/mol. The molecule has 0 spiro atoms. The molecule has 0 radical (unpaired) electrons.